The van der Waals surface area contributed by atoms with Gasteiger partial charge in [0.2, 0.25) is 0 Å². The van der Waals surface area contributed by atoms with Crippen molar-refractivity contribution in [2.45, 2.75) is 35.9 Å². The summed E-state index contributed by atoms with van der Waals surface area (Å²) in [6.07, 6.45) is -14.9. The van der Waals surface area contributed by atoms with Crippen LogP contribution in [0, 0.1) is 0 Å². The zero-order valence-corrected chi connectivity index (χ0v) is 22.2. The second-order valence-corrected chi connectivity index (χ2v) is 11.1. The van der Waals surface area contributed by atoms with Gasteiger partial charge < -0.3 is 14.4 Å². The molecule has 1 heterocycles. The number of nitrogens with zero attached hydrogens (tertiary/aromatic N) is 1. The van der Waals surface area contributed by atoms with Crippen molar-refractivity contribution in [3.63, 3.8) is 0 Å². The van der Waals surface area contributed by atoms with Crippen molar-refractivity contribution in [2.24, 2.45) is 0 Å². The number of hydrogen-bond acceptors (Lipinski definition) is 5. The Morgan fingerprint density at radius 1 is 0.786 bits per heavy atom. The van der Waals surface area contributed by atoms with Crippen molar-refractivity contribution in [2.75, 3.05) is 24.9 Å². The molecule has 228 valence electrons. The van der Waals surface area contributed by atoms with E-state index in [9.17, 15) is 47.9 Å². The summed E-state index contributed by atoms with van der Waals surface area (Å²) >= 11 is 0. The van der Waals surface area contributed by atoms with Crippen LogP contribution in [0.3, 0.4) is 0 Å². The second kappa shape index (κ2) is 11.2. The molecule has 42 heavy (non-hydrogen) atoms. The Bertz CT molecular complexity index is 1540. The lowest BCUT2D eigenvalue weighted by Crippen LogP contribution is -2.23. The Balaban J connectivity index is 1.62. The number of anilines is 1. The van der Waals surface area contributed by atoms with Gasteiger partial charge >= 0.3 is 18.5 Å². The molecule has 1 saturated heterocycles. The molecule has 3 aromatic rings. The Hall–Kier alpha value is -3.66. The smallest absolute Gasteiger partial charge is 0.420 e. The topological polar surface area (TPSA) is 67.9 Å². The number of halogens is 9. The summed E-state index contributed by atoms with van der Waals surface area (Å²) in [4.78, 5) is 0.919. The molecular formula is C26H21F9N2O4S. The molecule has 6 nitrogen and oxygen atoms in total. The molecule has 0 radical (unpaired) electrons. The highest BCUT2D eigenvalue weighted by molar-refractivity contribution is 7.92. The minimum absolute atomic E-state index is 0.234. The van der Waals surface area contributed by atoms with Crippen LogP contribution in [0.25, 0.3) is 0 Å². The average molecular weight is 629 g/mol. The fourth-order valence-electron chi connectivity index (χ4n) is 4.13. The molecule has 3 aromatic carbocycles. The number of alkyl halides is 9. The van der Waals surface area contributed by atoms with Crippen molar-refractivity contribution in [3.8, 4) is 17.2 Å². The van der Waals surface area contributed by atoms with Crippen LogP contribution >= 0.6 is 0 Å². The molecule has 1 atom stereocenters. The summed E-state index contributed by atoms with van der Waals surface area (Å²) in [6, 6.07) is 6.60. The molecule has 0 aromatic heterocycles. The largest absolute Gasteiger partial charge is 0.488 e. The number of benzene rings is 3. The molecule has 0 unspecified atom stereocenters. The van der Waals surface area contributed by atoms with Crippen LogP contribution in [0.1, 0.15) is 23.1 Å². The lowest BCUT2D eigenvalue weighted by atomic mass is 10.1. The molecule has 16 heteroatoms. The quantitative estimate of drug-likeness (QED) is 0.276. The Kier molecular flexibility index (Phi) is 8.34. The van der Waals surface area contributed by atoms with Crippen LogP contribution in [0.2, 0.25) is 0 Å². The second-order valence-electron chi connectivity index (χ2n) is 9.38. The minimum Gasteiger partial charge on any atom is -0.488 e. The van der Waals surface area contributed by atoms with E-state index in [0.29, 0.717) is 43.8 Å². The molecule has 1 aliphatic heterocycles. The van der Waals surface area contributed by atoms with Crippen molar-refractivity contribution >= 4 is 15.7 Å². The number of likely N-dealkylation sites (tertiary alicyclic amines) is 1. The molecule has 1 fully saturated rings. The first-order valence-electron chi connectivity index (χ1n) is 12.0. The lowest BCUT2D eigenvalue weighted by Gasteiger charge is -2.20. The normalized spacial score (nSPS) is 16.9. The monoisotopic (exact) mass is 628 g/mol. The van der Waals surface area contributed by atoms with Crippen LogP contribution in [0.5, 0.6) is 17.2 Å². The zero-order chi connectivity index (χ0) is 31.1. The number of nitrogens with one attached hydrogen (secondary N) is 1. The summed E-state index contributed by atoms with van der Waals surface area (Å²) in [5, 5.41) is 0. The zero-order valence-electron chi connectivity index (χ0n) is 21.4. The van der Waals surface area contributed by atoms with Crippen LogP contribution in [0.15, 0.2) is 65.6 Å². The summed E-state index contributed by atoms with van der Waals surface area (Å²) in [5.41, 5.74) is -4.19. The molecule has 0 aliphatic carbocycles. The highest BCUT2D eigenvalue weighted by Crippen LogP contribution is 2.41. The third kappa shape index (κ3) is 7.40. The average Bonchev–Trinajstić information content (AvgIpc) is 3.26. The van der Waals surface area contributed by atoms with Crippen LogP contribution in [-0.2, 0) is 28.6 Å². The van der Waals surface area contributed by atoms with E-state index in [2.05, 4.69) is 0 Å². The fraction of sp³-hybridized carbons (Fsp3) is 0.308. The van der Waals surface area contributed by atoms with E-state index in [1.165, 1.54) is 0 Å². The molecular weight excluding hydrogens is 607 g/mol. The van der Waals surface area contributed by atoms with Gasteiger partial charge in [-0.25, -0.2) is 8.42 Å². The maximum Gasteiger partial charge on any atom is 0.420 e. The predicted octanol–water partition coefficient (Wildman–Crippen LogP) is 7.42. The summed E-state index contributed by atoms with van der Waals surface area (Å²) in [7, 11) is -3.04. The molecule has 1 N–H and O–H groups in total. The maximum atomic E-state index is 13.8. The van der Waals surface area contributed by atoms with E-state index in [4.69, 9.17) is 9.47 Å². The molecule has 0 bridgehead atoms. The van der Waals surface area contributed by atoms with Gasteiger partial charge in [0.25, 0.3) is 10.0 Å². The molecule has 4 rings (SSSR count). The van der Waals surface area contributed by atoms with Crippen molar-refractivity contribution in [1.29, 1.82) is 0 Å². The van der Waals surface area contributed by atoms with E-state index in [0.717, 1.165) is 30.3 Å². The summed E-state index contributed by atoms with van der Waals surface area (Å²) < 4.78 is 159. The number of sulfonamides is 1. The van der Waals surface area contributed by atoms with E-state index in [1.807, 2.05) is 9.62 Å². The van der Waals surface area contributed by atoms with Crippen LogP contribution in [0.4, 0.5) is 45.2 Å². The SMILES string of the molecule is CN1CC[C@@H](Oc2cc(NS(=O)(=O)c3ccc(Oc4ccc(C(F)(F)F)cc4)c(C(F)(F)F)c3)ccc2C(F)(F)F)C1. The van der Waals surface area contributed by atoms with Crippen molar-refractivity contribution < 1.29 is 57.4 Å². The van der Waals surface area contributed by atoms with Gasteiger partial charge in [-0.3, -0.25) is 4.72 Å². The first kappa shape index (κ1) is 31.3. The number of ether oxygens (including phenoxy) is 2. The number of rotatable bonds is 7. The third-order valence-corrected chi connectivity index (χ3v) is 7.54. The lowest BCUT2D eigenvalue weighted by molar-refractivity contribution is -0.140. The Labute approximate surface area is 233 Å². The molecule has 0 amide bonds. The summed E-state index contributed by atoms with van der Waals surface area (Å²) in [5.74, 6) is -1.93. The van der Waals surface area contributed by atoms with Gasteiger partial charge in [0, 0.05) is 19.2 Å². The highest BCUT2D eigenvalue weighted by Gasteiger charge is 2.38. The van der Waals surface area contributed by atoms with Crippen molar-refractivity contribution in [1.82, 2.24) is 4.90 Å². The van der Waals surface area contributed by atoms with Gasteiger partial charge in [-0.2, -0.15) is 39.5 Å². The first-order valence-corrected chi connectivity index (χ1v) is 13.5. The van der Waals surface area contributed by atoms with Gasteiger partial charge in [-0.05, 0) is 68.1 Å². The number of likely N-dealkylation sites (N-methyl/N-ethyl adjacent to an activating group) is 1. The predicted molar refractivity (Wildman–Crippen MR) is 132 cm³/mol. The van der Waals surface area contributed by atoms with Gasteiger partial charge in [0.1, 0.15) is 23.4 Å². The molecule has 1 aliphatic rings. The Morgan fingerprint density at radius 2 is 1.43 bits per heavy atom. The third-order valence-electron chi connectivity index (χ3n) is 6.16. The molecule has 0 saturated carbocycles. The van der Waals surface area contributed by atoms with Gasteiger partial charge in [0.05, 0.1) is 27.3 Å². The van der Waals surface area contributed by atoms with Crippen molar-refractivity contribution in [3.05, 3.63) is 77.4 Å². The highest BCUT2D eigenvalue weighted by atomic mass is 32.2. The van der Waals surface area contributed by atoms with Crippen LogP contribution in [-0.4, -0.2) is 39.6 Å². The van der Waals surface area contributed by atoms with Gasteiger partial charge in [-0.1, -0.05) is 0 Å². The maximum absolute atomic E-state index is 13.8. The van der Waals surface area contributed by atoms with Crippen LogP contribution < -0.4 is 14.2 Å². The van der Waals surface area contributed by atoms with Gasteiger partial charge in [-0.15, -0.1) is 0 Å². The standard InChI is InChI=1S/C26H21F9N2O4S/c1-37-11-10-18(14-37)41-23-12-16(4-8-20(23)25(30,31)32)36-42(38,39)19-7-9-22(21(13-19)26(33,34)35)40-17-5-2-15(3-6-17)24(27,28)29/h2-9,12-13,18,36H,10-11,14H2,1H3/t18-/m1/s1. The Morgan fingerprint density at radius 3 is 1.98 bits per heavy atom. The summed E-state index contributed by atoms with van der Waals surface area (Å²) in [6.45, 7) is 0.896. The molecule has 0 spiro atoms. The van der Waals surface area contributed by atoms with Gasteiger partial charge in [0.15, 0.2) is 0 Å². The number of hydrogen-bond donors (Lipinski definition) is 1. The first-order chi connectivity index (χ1) is 19.3. The van der Waals surface area contributed by atoms with E-state index in [-0.39, 0.29) is 11.8 Å². The van der Waals surface area contributed by atoms with E-state index >= 15 is 0 Å². The van der Waals surface area contributed by atoms with E-state index < -0.39 is 73.4 Å². The van der Waals surface area contributed by atoms with E-state index in [1.54, 1.807) is 7.05 Å². The minimum atomic E-state index is -5.16. The fourth-order valence-corrected chi connectivity index (χ4v) is 5.20.